The first-order valence-corrected chi connectivity index (χ1v) is 5.75. The average Bonchev–Trinajstić information content (AvgIpc) is 2.58. The minimum Gasteiger partial charge on any atom is -0.397 e. The van der Waals surface area contributed by atoms with E-state index in [4.69, 9.17) is 5.73 Å². The lowest BCUT2D eigenvalue weighted by molar-refractivity contribution is 0.0957. The number of hydrogen-bond donors (Lipinski definition) is 2. The van der Waals surface area contributed by atoms with Crippen LogP contribution in [0.5, 0.6) is 0 Å². The molecule has 1 rings (SSSR count). The molecule has 1 aromatic heterocycles. The summed E-state index contributed by atoms with van der Waals surface area (Å²) in [5, 5.41) is 4.67. The molecule has 1 amide bonds. The molecule has 0 unspecified atom stereocenters. The molecule has 0 saturated heterocycles. The summed E-state index contributed by atoms with van der Waals surface area (Å²) in [4.78, 5) is 14.3. The minimum absolute atomic E-state index is 0.0683. The summed E-state index contributed by atoms with van der Waals surface area (Å²) in [6.45, 7) is 1.66. The van der Waals surface area contributed by atoms with Crippen molar-refractivity contribution in [2.75, 3.05) is 32.9 Å². The zero-order valence-electron chi connectivity index (χ0n) is 9.12. The van der Waals surface area contributed by atoms with Gasteiger partial charge < -0.3 is 16.0 Å². The van der Waals surface area contributed by atoms with E-state index in [1.165, 1.54) is 11.3 Å². The van der Waals surface area contributed by atoms with Crippen molar-refractivity contribution in [2.24, 2.45) is 0 Å². The van der Waals surface area contributed by atoms with Crippen LogP contribution in [0.3, 0.4) is 0 Å². The van der Waals surface area contributed by atoms with Gasteiger partial charge in [-0.25, -0.2) is 0 Å². The summed E-state index contributed by atoms with van der Waals surface area (Å²) in [6.07, 6.45) is 0.948. The third-order valence-electron chi connectivity index (χ3n) is 1.97. The van der Waals surface area contributed by atoms with Gasteiger partial charge in [0.05, 0.1) is 5.69 Å². The van der Waals surface area contributed by atoms with Crippen LogP contribution in [0, 0.1) is 0 Å². The van der Waals surface area contributed by atoms with Gasteiger partial charge in [-0.05, 0) is 38.5 Å². The second-order valence-electron chi connectivity index (χ2n) is 3.62. The van der Waals surface area contributed by atoms with Crippen LogP contribution >= 0.6 is 11.3 Å². The van der Waals surface area contributed by atoms with Crippen molar-refractivity contribution in [2.45, 2.75) is 6.42 Å². The Bertz CT molecular complexity index is 322. The van der Waals surface area contributed by atoms with Crippen molar-refractivity contribution in [3.05, 3.63) is 16.3 Å². The van der Waals surface area contributed by atoms with Crippen LogP contribution in [-0.4, -0.2) is 38.0 Å². The number of amides is 1. The molecule has 0 fully saturated rings. The molecule has 5 heteroatoms. The zero-order valence-corrected chi connectivity index (χ0v) is 9.93. The largest absolute Gasteiger partial charge is 0.397 e. The van der Waals surface area contributed by atoms with Gasteiger partial charge in [-0.15, -0.1) is 11.3 Å². The number of nitrogen functional groups attached to an aromatic ring is 1. The minimum atomic E-state index is -0.0683. The SMILES string of the molecule is CN(C)CCCNC(=O)c1sccc1N. The maximum absolute atomic E-state index is 11.6. The number of carbonyl (C=O) groups excluding carboxylic acids is 1. The highest BCUT2D eigenvalue weighted by Gasteiger charge is 2.09. The third kappa shape index (κ3) is 3.89. The van der Waals surface area contributed by atoms with Gasteiger partial charge in [0.25, 0.3) is 5.91 Å². The average molecular weight is 227 g/mol. The van der Waals surface area contributed by atoms with Gasteiger partial charge in [0, 0.05) is 6.54 Å². The van der Waals surface area contributed by atoms with Gasteiger partial charge in [-0.1, -0.05) is 0 Å². The van der Waals surface area contributed by atoms with Crippen LogP contribution in [0.25, 0.3) is 0 Å². The summed E-state index contributed by atoms with van der Waals surface area (Å²) in [5.41, 5.74) is 6.20. The normalized spacial score (nSPS) is 10.6. The molecule has 0 spiro atoms. The fourth-order valence-corrected chi connectivity index (χ4v) is 1.92. The monoisotopic (exact) mass is 227 g/mol. The summed E-state index contributed by atoms with van der Waals surface area (Å²) >= 11 is 1.37. The molecule has 0 aromatic carbocycles. The predicted molar refractivity (Wildman–Crippen MR) is 64.2 cm³/mol. The lowest BCUT2D eigenvalue weighted by Crippen LogP contribution is -2.26. The Labute approximate surface area is 94.1 Å². The van der Waals surface area contributed by atoms with Crippen LogP contribution in [0.2, 0.25) is 0 Å². The number of rotatable bonds is 5. The molecule has 0 aliphatic carbocycles. The highest BCUT2D eigenvalue weighted by molar-refractivity contribution is 7.12. The Kier molecular flexibility index (Phi) is 4.58. The van der Waals surface area contributed by atoms with E-state index < -0.39 is 0 Å². The van der Waals surface area contributed by atoms with Gasteiger partial charge >= 0.3 is 0 Å². The topological polar surface area (TPSA) is 58.4 Å². The van der Waals surface area contributed by atoms with Crippen molar-refractivity contribution < 1.29 is 4.79 Å². The molecule has 4 nitrogen and oxygen atoms in total. The van der Waals surface area contributed by atoms with E-state index in [9.17, 15) is 4.79 Å². The lowest BCUT2D eigenvalue weighted by atomic mass is 10.3. The van der Waals surface area contributed by atoms with Gasteiger partial charge in [-0.3, -0.25) is 4.79 Å². The van der Waals surface area contributed by atoms with Crippen LogP contribution < -0.4 is 11.1 Å². The molecule has 15 heavy (non-hydrogen) atoms. The molecule has 0 atom stereocenters. The second kappa shape index (κ2) is 5.72. The lowest BCUT2D eigenvalue weighted by Gasteiger charge is -2.09. The molecular formula is C10H17N3OS. The van der Waals surface area contributed by atoms with E-state index in [1.54, 1.807) is 6.07 Å². The number of thiophene rings is 1. The number of anilines is 1. The molecule has 0 bridgehead atoms. The van der Waals surface area contributed by atoms with Gasteiger partial charge in [0.2, 0.25) is 0 Å². The zero-order chi connectivity index (χ0) is 11.3. The Balaban J connectivity index is 2.28. The molecule has 3 N–H and O–H groups in total. The van der Waals surface area contributed by atoms with Crippen LogP contribution in [0.4, 0.5) is 5.69 Å². The molecular weight excluding hydrogens is 210 g/mol. The Morgan fingerprint density at radius 2 is 2.33 bits per heavy atom. The first kappa shape index (κ1) is 12.0. The fourth-order valence-electron chi connectivity index (χ4n) is 1.18. The number of carbonyl (C=O) groups is 1. The Morgan fingerprint density at radius 3 is 2.87 bits per heavy atom. The maximum atomic E-state index is 11.6. The van der Waals surface area contributed by atoms with E-state index in [0.29, 0.717) is 17.1 Å². The van der Waals surface area contributed by atoms with Crippen molar-refractivity contribution in [1.82, 2.24) is 10.2 Å². The Morgan fingerprint density at radius 1 is 1.60 bits per heavy atom. The maximum Gasteiger partial charge on any atom is 0.263 e. The van der Waals surface area contributed by atoms with Crippen molar-refractivity contribution in [3.8, 4) is 0 Å². The summed E-state index contributed by atoms with van der Waals surface area (Å²) in [7, 11) is 4.03. The molecule has 0 aliphatic heterocycles. The standard InChI is InChI=1S/C10H17N3OS/c1-13(2)6-3-5-12-10(14)9-8(11)4-7-15-9/h4,7H,3,5-6,11H2,1-2H3,(H,12,14). The number of nitrogens with zero attached hydrogens (tertiary/aromatic N) is 1. The predicted octanol–water partition coefficient (Wildman–Crippen LogP) is 1.01. The van der Waals surface area contributed by atoms with Gasteiger partial charge in [0.1, 0.15) is 4.88 Å². The first-order valence-electron chi connectivity index (χ1n) is 4.87. The van der Waals surface area contributed by atoms with Crippen molar-refractivity contribution >= 4 is 22.9 Å². The highest BCUT2D eigenvalue weighted by atomic mass is 32.1. The molecule has 0 radical (unpaired) electrons. The van der Waals surface area contributed by atoms with Crippen LogP contribution in [-0.2, 0) is 0 Å². The van der Waals surface area contributed by atoms with Crippen LogP contribution in [0.1, 0.15) is 16.1 Å². The smallest absolute Gasteiger partial charge is 0.263 e. The first-order chi connectivity index (χ1) is 7.11. The Hall–Kier alpha value is -1.07. The third-order valence-corrected chi connectivity index (χ3v) is 2.90. The molecule has 84 valence electrons. The number of nitrogens with two attached hydrogens (primary N) is 1. The highest BCUT2D eigenvalue weighted by Crippen LogP contribution is 2.17. The molecule has 0 saturated carbocycles. The van der Waals surface area contributed by atoms with E-state index in [1.807, 2.05) is 19.5 Å². The van der Waals surface area contributed by atoms with E-state index in [-0.39, 0.29) is 5.91 Å². The second-order valence-corrected chi connectivity index (χ2v) is 4.53. The molecule has 1 heterocycles. The summed E-state index contributed by atoms with van der Waals surface area (Å²) in [5.74, 6) is -0.0683. The summed E-state index contributed by atoms with van der Waals surface area (Å²) in [6, 6.07) is 1.75. The van der Waals surface area contributed by atoms with Crippen molar-refractivity contribution in [1.29, 1.82) is 0 Å². The summed E-state index contributed by atoms with van der Waals surface area (Å²) < 4.78 is 0. The quantitative estimate of drug-likeness (QED) is 0.738. The fraction of sp³-hybridized carbons (Fsp3) is 0.500. The molecule has 0 aliphatic rings. The van der Waals surface area contributed by atoms with Crippen LogP contribution in [0.15, 0.2) is 11.4 Å². The number of nitrogens with one attached hydrogen (secondary N) is 1. The van der Waals surface area contributed by atoms with Gasteiger partial charge in [-0.2, -0.15) is 0 Å². The van der Waals surface area contributed by atoms with Crippen molar-refractivity contribution in [3.63, 3.8) is 0 Å². The van der Waals surface area contributed by atoms with E-state index in [2.05, 4.69) is 10.2 Å². The van der Waals surface area contributed by atoms with E-state index in [0.717, 1.165) is 13.0 Å². The number of hydrogen-bond acceptors (Lipinski definition) is 4. The molecule has 1 aromatic rings. The van der Waals surface area contributed by atoms with Gasteiger partial charge in [0.15, 0.2) is 0 Å². The van der Waals surface area contributed by atoms with E-state index >= 15 is 0 Å².